The van der Waals surface area contributed by atoms with E-state index in [9.17, 15) is 9.18 Å². The monoisotopic (exact) mass is 422 g/mol. The van der Waals surface area contributed by atoms with Crippen LogP contribution >= 0.6 is 11.8 Å². The fraction of sp³-hybridized carbons (Fsp3) is 0.174. The number of benzene rings is 3. The number of thioether (sulfide) groups is 1. The molecule has 0 N–H and O–H groups in total. The van der Waals surface area contributed by atoms with E-state index in [4.69, 9.17) is 9.15 Å². The molecule has 0 saturated carbocycles. The molecular weight excluding hydrogens is 403 g/mol. The smallest absolute Gasteiger partial charge is 0.311 e. The number of hydrogen-bond donors (Lipinski definition) is 0. The predicted octanol–water partition coefficient (Wildman–Crippen LogP) is 5.90. The molecule has 0 atom stereocenters. The SMILES string of the molecule is O=C(CCCCSc1nnc(-c2cccc3ccccc23)o1)Oc1ccc(F)cc1. The molecule has 0 aliphatic heterocycles. The van der Waals surface area contributed by atoms with Crippen LogP contribution in [0.3, 0.4) is 0 Å². The number of hydrogen-bond acceptors (Lipinski definition) is 6. The Morgan fingerprint density at radius 2 is 1.77 bits per heavy atom. The highest BCUT2D eigenvalue weighted by atomic mass is 32.2. The predicted molar refractivity (Wildman–Crippen MR) is 114 cm³/mol. The minimum absolute atomic E-state index is 0.295. The zero-order chi connectivity index (χ0) is 20.8. The minimum Gasteiger partial charge on any atom is -0.427 e. The molecule has 0 aliphatic carbocycles. The van der Waals surface area contributed by atoms with E-state index in [1.807, 2.05) is 42.5 Å². The number of fused-ring (bicyclic) bond motifs is 1. The van der Waals surface area contributed by atoms with E-state index in [-0.39, 0.29) is 11.8 Å². The molecule has 5 nitrogen and oxygen atoms in total. The molecule has 0 radical (unpaired) electrons. The molecule has 0 unspecified atom stereocenters. The van der Waals surface area contributed by atoms with E-state index in [0.717, 1.165) is 28.5 Å². The average Bonchev–Trinajstić information content (AvgIpc) is 3.23. The number of esters is 1. The number of carbonyl (C=O) groups is 1. The Labute approximate surface area is 177 Å². The first kappa shape index (κ1) is 20.1. The fourth-order valence-corrected chi connectivity index (χ4v) is 3.76. The van der Waals surface area contributed by atoms with Crippen molar-refractivity contribution in [2.45, 2.75) is 24.5 Å². The van der Waals surface area contributed by atoms with Crippen molar-refractivity contribution in [3.8, 4) is 17.2 Å². The Morgan fingerprint density at radius 3 is 2.63 bits per heavy atom. The summed E-state index contributed by atoms with van der Waals surface area (Å²) in [5.74, 6) is 0.903. The molecule has 0 fully saturated rings. The number of carbonyl (C=O) groups excluding carboxylic acids is 1. The largest absolute Gasteiger partial charge is 0.427 e. The standard InChI is InChI=1S/C23H19FN2O3S/c24-17-11-13-18(14-12-17)28-21(27)10-3-4-15-30-23-26-25-22(29-23)20-9-5-7-16-6-1-2-8-19(16)20/h1-2,5-9,11-14H,3-4,10,15H2. The van der Waals surface area contributed by atoms with Gasteiger partial charge in [0.25, 0.3) is 5.22 Å². The lowest BCUT2D eigenvalue weighted by atomic mass is 10.0. The summed E-state index contributed by atoms with van der Waals surface area (Å²) in [4.78, 5) is 11.8. The number of nitrogens with zero attached hydrogens (tertiary/aromatic N) is 2. The lowest BCUT2D eigenvalue weighted by Gasteiger charge is -2.03. The second-order valence-corrected chi connectivity index (χ2v) is 7.68. The number of rotatable bonds is 8. The van der Waals surface area contributed by atoms with Crippen LogP contribution in [-0.4, -0.2) is 21.9 Å². The Kier molecular flexibility index (Phi) is 6.39. The average molecular weight is 422 g/mol. The molecule has 1 heterocycles. The summed E-state index contributed by atoms with van der Waals surface area (Å²) in [6.07, 6.45) is 1.77. The molecule has 4 aromatic rings. The lowest BCUT2D eigenvalue weighted by molar-refractivity contribution is -0.134. The topological polar surface area (TPSA) is 65.2 Å². The van der Waals surface area contributed by atoms with Crippen molar-refractivity contribution in [3.63, 3.8) is 0 Å². The van der Waals surface area contributed by atoms with Gasteiger partial charge in [0.05, 0.1) is 0 Å². The second-order valence-electron chi connectivity index (χ2n) is 6.63. The molecule has 30 heavy (non-hydrogen) atoms. The van der Waals surface area contributed by atoms with Crippen LogP contribution in [0.4, 0.5) is 4.39 Å². The highest BCUT2D eigenvalue weighted by Crippen LogP contribution is 2.29. The van der Waals surface area contributed by atoms with E-state index in [1.165, 1.54) is 36.0 Å². The van der Waals surface area contributed by atoms with Crippen LogP contribution in [0.1, 0.15) is 19.3 Å². The van der Waals surface area contributed by atoms with Crippen LogP contribution in [0.25, 0.3) is 22.2 Å². The van der Waals surface area contributed by atoms with Gasteiger partial charge in [-0.1, -0.05) is 48.2 Å². The van der Waals surface area contributed by atoms with Gasteiger partial charge in [0.15, 0.2) is 0 Å². The van der Waals surface area contributed by atoms with Crippen LogP contribution < -0.4 is 4.74 Å². The van der Waals surface area contributed by atoms with Gasteiger partial charge in [-0.25, -0.2) is 4.39 Å². The van der Waals surface area contributed by atoms with Crippen molar-refractivity contribution in [1.82, 2.24) is 10.2 Å². The molecule has 0 aliphatic rings. The van der Waals surface area contributed by atoms with Gasteiger partial charge >= 0.3 is 5.97 Å². The van der Waals surface area contributed by atoms with E-state index < -0.39 is 0 Å². The van der Waals surface area contributed by atoms with E-state index in [1.54, 1.807) is 0 Å². The van der Waals surface area contributed by atoms with Gasteiger partial charge in [-0.05, 0) is 53.9 Å². The molecule has 3 aromatic carbocycles. The van der Waals surface area contributed by atoms with Gasteiger partial charge in [-0.2, -0.15) is 0 Å². The lowest BCUT2D eigenvalue weighted by Crippen LogP contribution is -2.07. The molecule has 0 amide bonds. The minimum atomic E-state index is -0.364. The number of ether oxygens (including phenoxy) is 1. The van der Waals surface area contributed by atoms with E-state index >= 15 is 0 Å². The molecule has 1 aromatic heterocycles. The van der Waals surface area contributed by atoms with Gasteiger partial charge in [-0.3, -0.25) is 4.79 Å². The quantitative estimate of drug-likeness (QED) is 0.152. The third-order valence-electron chi connectivity index (χ3n) is 4.47. The summed E-state index contributed by atoms with van der Waals surface area (Å²) in [6.45, 7) is 0. The summed E-state index contributed by atoms with van der Waals surface area (Å²) in [5, 5.41) is 11.0. The van der Waals surface area contributed by atoms with Crippen molar-refractivity contribution in [2.75, 3.05) is 5.75 Å². The van der Waals surface area contributed by atoms with Crippen LogP contribution in [0.5, 0.6) is 5.75 Å². The van der Waals surface area contributed by atoms with E-state index in [2.05, 4.69) is 10.2 Å². The number of unbranched alkanes of at least 4 members (excludes halogenated alkanes) is 1. The van der Waals surface area contributed by atoms with Crippen LogP contribution in [0, 0.1) is 5.82 Å². The van der Waals surface area contributed by atoms with Crippen molar-refractivity contribution in [3.05, 3.63) is 72.5 Å². The maximum absolute atomic E-state index is 12.9. The van der Waals surface area contributed by atoms with Gasteiger partial charge in [0.2, 0.25) is 5.89 Å². The first-order valence-corrected chi connectivity index (χ1v) is 10.6. The summed E-state index contributed by atoms with van der Waals surface area (Å²) in [5.41, 5.74) is 0.913. The first-order valence-electron chi connectivity index (χ1n) is 9.60. The van der Waals surface area contributed by atoms with Gasteiger partial charge in [-0.15, -0.1) is 10.2 Å². The summed E-state index contributed by atoms with van der Waals surface area (Å²) < 4.78 is 23.8. The number of aromatic nitrogens is 2. The van der Waals surface area contributed by atoms with Crippen molar-refractivity contribution in [2.24, 2.45) is 0 Å². The maximum atomic E-state index is 12.9. The van der Waals surface area contributed by atoms with Crippen molar-refractivity contribution in [1.29, 1.82) is 0 Å². The maximum Gasteiger partial charge on any atom is 0.311 e. The van der Waals surface area contributed by atoms with Crippen molar-refractivity contribution < 1.29 is 18.3 Å². The zero-order valence-electron chi connectivity index (χ0n) is 16.1. The Balaban J connectivity index is 1.24. The summed E-state index contributed by atoms with van der Waals surface area (Å²) >= 11 is 1.46. The van der Waals surface area contributed by atoms with Gasteiger partial charge in [0.1, 0.15) is 11.6 Å². The fourth-order valence-electron chi connectivity index (χ4n) is 3.00. The van der Waals surface area contributed by atoms with E-state index in [0.29, 0.717) is 29.7 Å². The Hall–Kier alpha value is -3.19. The van der Waals surface area contributed by atoms with Crippen LogP contribution in [-0.2, 0) is 4.79 Å². The van der Waals surface area contributed by atoms with Crippen LogP contribution in [0.15, 0.2) is 76.4 Å². The molecule has 0 spiro atoms. The molecule has 7 heteroatoms. The normalized spacial score (nSPS) is 11.0. The molecule has 0 saturated heterocycles. The molecule has 152 valence electrons. The third-order valence-corrected chi connectivity index (χ3v) is 5.38. The third kappa shape index (κ3) is 5.04. The number of halogens is 1. The summed E-state index contributed by atoms with van der Waals surface area (Å²) in [7, 11) is 0. The van der Waals surface area contributed by atoms with Crippen LogP contribution in [0.2, 0.25) is 0 Å². The molecule has 0 bridgehead atoms. The molecular formula is C23H19FN2O3S. The molecule has 4 rings (SSSR count). The highest BCUT2D eigenvalue weighted by Gasteiger charge is 2.12. The summed E-state index contributed by atoms with van der Waals surface area (Å²) in [6, 6.07) is 19.4. The first-order chi connectivity index (χ1) is 14.7. The Bertz CT molecular complexity index is 1140. The van der Waals surface area contributed by atoms with Crippen molar-refractivity contribution >= 4 is 28.5 Å². The van der Waals surface area contributed by atoms with Gasteiger partial charge < -0.3 is 9.15 Å². The Morgan fingerprint density at radius 1 is 0.967 bits per heavy atom. The highest BCUT2D eigenvalue weighted by molar-refractivity contribution is 7.99. The second kappa shape index (κ2) is 9.54. The van der Waals surface area contributed by atoms with Gasteiger partial charge in [0, 0.05) is 17.7 Å². The zero-order valence-corrected chi connectivity index (χ0v) is 16.9.